The first kappa shape index (κ1) is 22.6. The number of carbonyl (C=O) groups is 4. The van der Waals surface area contributed by atoms with Gasteiger partial charge in [0.15, 0.2) is 5.78 Å². The van der Waals surface area contributed by atoms with Gasteiger partial charge in [-0.2, -0.15) is 0 Å². The first-order chi connectivity index (χ1) is 15.0. The summed E-state index contributed by atoms with van der Waals surface area (Å²) in [5.74, 6) is 4.65. The first-order valence-electron chi connectivity index (χ1n) is 10.1. The lowest BCUT2D eigenvalue weighted by Crippen LogP contribution is -2.52. The Morgan fingerprint density at radius 1 is 1.23 bits per heavy atom. The first-order valence-corrected chi connectivity index (χ1v) is 10.1. The molecule has 2 heterocycles. The van der Waals surface area contributed by atoms with E-state index in [1.807, 2.05) is 6.07 Å². The van der Waals surface area contributed by atoms with E-state index < -0.39 is 11.9 Å². The summed E-state index contributed by atoms with van der Waals surface area (Å²) in [7, 11) is 0. The van der Waals surface area contributed by atoms with Crippen LogP contribution in [0.25, 0.3) is 0 Å². The Morgan fingerprint density at radius 2 is 2.03 bits per heavy atom. The Bertz CT molecular complexity index is 933. The molecule has 0 spiro atoms. The number of imide groups is 1. The van der Waals surface area contributed by atoms with Crippen molar-refractivity contribution in [2.75, 3.05) is 33.0 Å². The molecule has 1 aromatic carbocycles. The van der Waals surface area contributed by atoms with Crippen molar-refractivity contribution in [1.29, 1.82) is 0 Å². The lowest BCUT2D eigenvalue weighted by Gasteiger charge is -2.29. The standard InChI is InChI=1S/C22H25N3O6/c23-8-2-10-31-14-17(26)13-30-9-1-3-15-4-5-18-16(11-15)12-25(22(18)29)19-6-7-20(27)24-21(19)28/h4-5,11,19H,2,6-10,12-14,23H2,(H,24,27,28). The molecule has 0 aromatic heterocycles. The van der Waals surface area contributed by atoms with E-state index in [-0.39, 0.29) is 43.8 Å². The second kappa shape index (κ2) is 10.8. The minimum Gasteiger partial charge on any atom is -0.374 e. The number of benzene rings is 1. The molecule has 0 aliphatic carbocycles. The van der Waals surface area contributed by atoms with Gasteiger partial charge < -0.3 is 20.1 Å². The number of hydrogen-bond donors (Lipinski definition) is 2. The zero-order chi connectivity index (χ0) is 22.2. The normalized spacial score (nSPS) is 17.8. The second-order valence-electron chi connectivity index (χ2n) is 7.30. The number of rotatable bonds is 9. The molecule has 9 heteroatoms. The maximum atomic E-state index is 12.7. The average Bonchev–Trinajstić information content (AvgIpc) is 3.06. The predicted molar refractivity (Wildman–Crippen MR) is 110 cm³/mol. The van der Waals surface area contributed by atoms with Crippen LogP contribution >= 0.6 is 0 Å². The molecule has 9 nitrogen and oxygen atoms in total. The molecule has 0 saturated carbocycles. The van der Waals surface area contributed by atoms with Crippen LogP contribution in [0.1, 0.15) is 40.7 Å². The number of amides is 3. The molecule has 1 fully saturated rings. The van der Waals surface area contributed by atoms with Gasteiger partial charge in [0.2, 0.25) is 11.8 Å². The summed E-state index contributed by atoms with van der Waals surface area (Å²) in [5, 5.41) is 2.28. The van der Waals surface area contributed by atoms with Crippen molar-refractivity contribution in [3.63, 3.8) is 0 Å². The van der Waals surface area contributed by atoms with Crippen molar-refractivity contribution in [3.8, 4) is 11.8 Å². The largest absolute Gasteiger partial charge is 0.374 e. The zero-order valence-corrected chi connectivity index (χ0v) is 17.1. The summed E-state index contributed by atoms with van der Waals surface area (Å²) < 4.78 is 10.4. The molecule has 3 N–H and O–H groups in total. The number of hydrogen-bond acceptors (Lipinski definition) is 7. The van der Waals surface area contributed by atoms with Crippen molar-refractivity contribution in [1.82, 2.24) is 10.2 Å². The smallest absolute Gasteiger partial charge is 0.255 e. The molecule has 164 valence electrons. The van der Waals surface area contributed by atoms with Crippen LogP contribution in [0.4, 0.5) is 0 Å². The zero-order valence-electron chi connectivity index (χ0n) is 17.1. The molecular weight excluding hydrogens is 402 g/mol. The maximum absolute atomic E-state index is 12.7. The van der Waals surface area contributed by atoms with E-state index in [2.05, 4.69) is 17.2 Å². The summed E-state index contributed by atoms with van der Waals surface area (Å²) in [4.78, 5) is 49.2. The minimum atomic E-state index is -0.641. The predicted octanol–water partition coefficient (Wildman–Crippen LogP) is -0.250. The van der Waals surface area contributed by atoms with E-state index in [0.717, 1.165) is 5.56 Å². The molecule has 3 amide bonds. The number of nitrogens with zero attached hydrogens (tertiary/aromatic N) is 1. The Kier molecular flexibility index (Phi) is 7.89. The third kappa shape index (κ3) is 5.98. The monoisotopic (exact) mass is 427 g/mol. The minimum absolute atomic E-state index is 0.00401. The van der Waals surface area contributed by atoms with Gasteiger partial charge in [-0.3, -0.25) is 24.5 Å². The highest BCUT2D eigenvalue weighted by Crippen LogP contribution is 2.28. The average molecular weight is 427 g/mol. The summed E-state index contributed by atoms with van der Waals surface area (Å²) in [6.45, 7) is 1.28. The highest BCUT2D eigenvalue weighted by atomic mass is 16.5. The van der Waals surface area contributed by atoms with Crippen LogP contribution in [-0.4, -0.2) is 67.4 Å². The fraction of sp³-hybridized carbons (Fsp3) is 0.455. The van der Waals surface area contributed by atoms with Crippen LogP contribution in [0.5, 0.6) is 0 Å². The fourth-order valence-electron chi connectivity index (χ4n) is 3.42. The number of fused-ring (bicyclic) bond motifs is 1. The lowest BCUT2D eigenvalue weighted by atomic mass is 10.0. The van der Waals surface area contributed by atoms with Crippen LogP contribution < -0.4 is 11.1 Å². The molecule has 0 bridgehead atoms. The SMILES string of the molecule is NCCCOCC(=O)COCC#Cc1ccc2c(c1)CN(C1CCC(=O)NC1=O)C2=O. The quantitative estimate of drug-likeness (QED) is 0.316. The molecule has 1 saturated heterocycles. The summed E-state index contributed by atoms with van der Waals surface area (Å²) in [6.07, 6.45) is 1.25. The Morgan fingerprint density at radius 3 is 2.81 bits per heavy atom. The van der Waals surface area contributed by atoms with Crippen molar-refractivity contribution in [3.05, 3.63) is 34.9 Å². The fourth-order valence-corrected chi connectivity index (χ4v) is 3.42. The van der Waals surface area contributed by atoms with Gasteiger partial charge in [-0.15, -0.1) is 0 Å². The van der Waals surface area contributed by atoms with Crippen LogP contribution in [0.3, 0.4) is 0 Å². The van der Waals surface area contributed by atoms with Gasteiger partial charge in [-0.1, -0.05) is 11.8 Å². The Balaban J connectivity index is 1.49. The summed E-state index contributed by atoms with van der Waals surface area (Å²) >= 11 is 0. The van der Waals surface area contributed by atoms with Gasteiger partial charge in [-0.05, 0) is 43.1 Å². The Labute approximate surface area is 180 Å². The van der Waals surface area contributed by atoms with Crippen LogP contribution in [0.2, 0.25) is 0 Å². The van der Waals surface area contributed by atoms with Crippen molar-refractivity contribution < 1.29 is 28.7 Å². The molecule has 1 unspecified atom stereocenters. The van der Waals surface area contributed by atoms with E-state index >= 15 is 0 Å². The van der Waals surface area contributed by atoms with E-state index in [9.17, 15) is 19.2 Å². The summed E-state index contributed by atoms with van der Waals surface area (Å²) in [6, 6.07) is 4.59. The third-order valence-corrected chi connectivity index (χ3v) is 4.95. The molecule has 1 aromatic rings. The second-order valence-corrected chi connectivity index (χ2v) is 7.30. The Hall–Kier alpha value is -3.06. The molecule has 2 aliphatic heterocycles. The number of nitrogens with one attached hydrogen (secondary N) is 1. The van der Waals surface area contributed by atoms with Crippen molar-refractivity contribution in [2.24, 2.45) is 5.73 Å². The van der Waals surface area contributed by atoms with Crippen LogP contribution in [-0.2, 0) is 30.4 Å². The molecule has 2 aliphatic rings. The van der Waals surface area contributed by atoms with E-state index in [1.54, 1.807) is 12.1 Å². The highest BCUT2D eigenvalue weighted by Gasteiger charge is 2.38. The van der Waals surface area contributed by atoms with Gasteiger partial charge in [0.05, 0.1) is 0 Å². The van der Waals surface area contributed by atoms with Gasteiger partial charge in [0.25, 0.3) is 5.91 Å². The van der Waals surface area contributed by atoms with Crippen molar-refractivity contribution >= 4 is 23.5 Å². The summed E-state index contributed by atoms with van der Waals surface area (Å²) in [5.41, 5.74) is 7.37. The molecule has 1 atom stereocenters. The van der Waals surface area contributed by atoms with Crippen LogP contribution in [0, 0.1) is 11.8 Å². The van der Waals surface area contributed by atoms with Crippen LogP contribution in [0.15, 0.2) is 18.2 Å². The maximum Gasteiger partial charge on any atom is 0.255 e. The number of ketones is 1. The topological polar surface area (TPSA) is 128 Å². The number of carbonyl (C=O) groups excluding carboxylic acids is 4. The number of nitrogens with two attached hydrogens (primary N) is 1. The molecule has 0 radical (unpaired) electrons. The molecule has 3 rings (SSSR count). The van der Waals surface area contributed by atoms with Crippen molar-refractivity contribution in [2.45, 2.75) is 31.8 Å². The van der Waals surface area contributed by atoms with Gasteiger partial charge in [-0.25, -0.2) is 0 Å². The number of ether oxygens (including phenoxy) is 2. The third-order valence-electron chi connectivity index (χ3n) is 4.95. The van der Waals surface area contributed by atoms with E-state index in [4.69, 9.17) is 15.2 Å². The van der Waals surface area contributed by atoms with Gasteiger partial charge in [0, 0.05) is 30.7 Å². The molecule has 31 heavy (non-hydrogen) atoms. The highest BCUT2D eigenvalue weighted by molar-refractivity contribution is 6.05. The molecular formula is C22H25N3O6. The van der Waals surface area contributed by atoms with Gasteiger partial charge >= 0.3 is 0 Å². The lowest BCUT2D eigenvalue weighted by molar-refractivity contribution is -0.137. The van der Waals surface area contributed by atoms with E-state index in [0.29, 0.717) is 43.7 Å². The van der Waals surface area contributed by atoms with Gasteiger partial charge in [0.1, 0.15) is 25.9 Å². The number of Topliss-reactive ketones (excluding diaryl/α,β-unsaturated/α-hetero) is 1. The van der Waals surface area contributed by atoms with E-state index in [1.165, 1.54) is 4.90 Å². The number of piperidine rings is 1.